The molecule has 1 atom stereocenters. The van der Waals surface area contributed by atoms with Gasteiger partial charge in [-0.05, 0) is 56.1 Å². The first kappa shape index (κ1) is 18.5. The highest BCUT2D eigenvalue weighted by atomic mass is 16.5. The summed E-state index contributed by atoms with van der Waals surface area (Å²) in [4.78, 5) is 13.1. The van der Waals surface area contributed by atoms with Gasteiger partial charge in [-0.15, -0.1) is 0 Å². The zero-order valence-corrected chi connectivity index (χ0v) is 15.0. The van der Waals surface area contributed by atoms with Gasteiger partial charge in [-0.1, -0.05) is 12.1 Å². The number of carboxylic acids is 1. The SMILES string of the molecule is CN(Cc1ccc(OCc2ccc(C(=O)O)o2)cc1)C[C@@H]1CCCCO1. The monoisotopic (exact) mass is 359 g/mol. The van der Waals surface area contributed by atoms with E-state index in [1.165, 1.54) is 24.5 Å². The van der Waals surface area contributed by atoms with Crippen LogP contribution in [0, 0.1) is 0 Å². The van der Waals surface area contributed by atoms with E-state index < -0.39 is 5.97 Å². The second kappa shape index (κ2) is 8.87. The van der Waals surface area contributed by atoms with Crippen molar-refractivity contribution in [1.82, 2.24) is 4.90 Å². The molecule has 1 aromatic carbocycles. The lowest BCUT2D eigenvalue weighted by molar-refractivity contribution is -0.00259. The molecule has 3 rings (SSSR count). The molecule has 1 aromatic heterocycles. The number of carbonyl (C=O) groups is 1. The molecule has 2 aromatic rings. The van der Waals surface area contributed by atoms with Gasteiger partial charge in [0.05, 0.1) is 6.10 Å². The number of hydrogen-bond donors (Lipinski definition) is 1. The third-order valence-corrected chi connectivity index (χ3v) is 4.42. The van der Waals surface area contributed by atoms with Crippen molar-refractivity contribution in [2.24, 2.45) is 0 Å². The van der Waals surface area contributed by atoms with Crippen molar-refractivity contribution < 1.29 is 23.8 Å². The summed E-state index contributed by atoms with van der Waals surface area (Å²) in [5, 5.41) is 8.84. The Hall–Kier alpha value is -2.31. The van der Waals surface area contributed by atoms with Gasteiger partial charge in [-0.2, -0.15) is 0 Å². The summed E-state index contributed by atoms with van der Waals surface area (Å²) in [6.45, 7) is 2.89. The summed E-state index contributed by atoms with van der Waals surface area (Å²) in [6.07, 6.45) is 3.93. The fourth-order valence-electron chi connectivity index (χ4n) is 3.09. The van der Waals surface area contributed by atoms with Crippen molar-refractivity contribution in [2.45, 2.75) is 38.5 Å². The predicted molar refractivity (Wildman–Crippen MR) is 96.4 cm³/mol. The van der Waals surface area contributed by atoms with E-state index in [4.69, 9.17) is 19.0 Å². The van der Waals surface area contributed by atoms with Gasteiger partial charge >= 0.3 is 5.97 Å². The first-order valence-electron chi connectivity index (χ1n) is 8.94. The summed E-state index contributed by atoms with van der Waals surface area (Å²) in [6, 6.07) is 11.0. The van der Waals surface area contributed by atoms with Gasteiger partial charge in [0.2, 0.25) is 5.76 Å². The van der Waals surface area contributed by atoms with Gasteiger partial charge in [0.25, 0.3) is 0 Å². The predicted octanol–water partition coefficient (Wildman–Crippen LogP) is 3.56. The normalized spacial score (nSPS) is 17.4. The van der Waals surface area contributed by atoms with E-state index in [2.05, 4.69) is 11.9 Å². The van der Waals surface area contributed by atoms with Crippen LogP contribution in [0.25, 0.3) is 0 Å². The minimum absolute atomic E-state index is 0.0797. The molecule has 0 radical (unpaired) electrons. The van der Waals surface area contributed by atoms with E-state index in [1.54, 1.807) is 6.07 Å². The summed E-state index contributed by atoms with van der Waals surface area (Å²) >= 11 is 0. The average Bonchev–Trinajstić information content (AvgIpc) is 3.11. The lowest BCUT2D eigenvalue weighted by atomic mass is 10.1. The molecule has 0 aliphatic carbocycles. The molecule has 140 valence electrons. The number of nitrogens with zero attached hydrogens (tertiary/aromatic N) is 1. The van der Waals surface area contributed by atoms with E-state index in [1.807, 2.05) is 24.3 Å². The third-order valence-electron chi connectivity index (χ3n) is 4.42. The van der Waals surface area contributed by atoms with Crippen LogP contribution in [0.2, 0.25) is 0 Å². The van der Waals surface area contributed by atoms with Crippen LogP contribution in [0.1, 0.15) is 41.1 Å². The fraction of sp³-hybridized carbons (Fsp3) is 0.450. The largest absolute Gasteiger partial charge is 0.486 e. The van der Waals surface area contributed by atoms with Crippen LogP contribution in [0.4, 0.5) is 0 Å². The number of carboxylic acid groups (broad SMARTS) is 1. The van der Waals surface area contributed by atoms with Crippen molar-refractivity contribution in [3.63, 3.8) is 0 Å². The Morgan fingerprint density at radius 3 is 2.69 bits per heavy atom. The summed E-state index contributed by atoms with van der Waals surface area (Å²) in [7, 11) is 2.11. The molecule has 6 heteroatoms. The lowest BCUT2D eigenvalue weighted by Gasteiger charge is -2.27. The van der Waals surface area contributed by atoms with E-state index >= 15 is 0 Å². The fourth-order valence-corrected chi connectivity index (χ4v) is 3.09. The zero-order valence-electron chi connectivity index (χ0n) is 15.0. The topological polar surface area (TPSA) is 72.1 Å². The van der Waals surface area contributed by atoms with Crippen molar-refractivity contribution in [3.05, 3.63) is 53.5 Å². The standard InChI is InChI=1S/C20H25NO5/c1-21(13-17-4-2-3-11-24-17)12-15-5-7-16(8-6-15)25-14-18-9-10-19(26-18)20(22)23/h5-10,17H,2-4,11-14H2,1H3,(H,22,23)/t17-/m0/s1. The Kier molecular flexibility index (Phi) is 6.30. The maximum atomic E-state index is 10.8. The molecule has 1 aliphatic heterocycles. The molecule has 1 fully saturated rings. The number of ether oxygens (including phenoxy) is 2. The highest BCUT2D eigenvalue weighted by Gasteiger charge is 2.16. The van der Waals surface area contributed by atoms with Crippen LogP contribution in [0.3, 0.4) is 0 Å². The second-order valence-electron chi connectivity index (χ2n) is 6.69. The van der Waals surface area contributed by atoms with E-state index in [9.17, 15) is 4.79 Å². The van der Waals surface area contributed by atoms with Gasteiger partial charge in [-0.3, -0.25) is 4.90 Å². The van der Waals surface area contributed by atoms with E-state index in [-0.39, 0.29) is 12.4 Å². The average molecular weight is 359 g/mol. The molecule has 6 nitrogen and oxygen atoms in total. The summed E-state index contributed by atoms with van der Waals surface area (Å²) in [5.74, 6) is 0.0475. The Bertz CT molecular complexity index is 703. The highest BCUT2D eigenvalue weighted by molar-refractivity contribution is 5.84. The molecule has 0 amide bonds. The van der Waals surface area contributed by atoms with Gasteiger partial charge in [-0.25, -0.2) is 4.79 Å². The summed E-state index contributed by atoms with van der Waals surface area (Å²) in [5.41, 5.74) is 1.21. The number of aromatic carboxylic acids is 1. The Morgan fingerprint density at radius 1 is 1.23 bits per heavy atom. The molecular formula is C20H25NO5. The van der Waals surface area contributed by atoms with E-state index in [0.717, 1.165) is 31.9 Å². The molecule has 0 spiro atoms. The molecule has 26 heavy (non-hydrogen) atoms. The first-order valence-corrected chi connectivity index (χ1v) is 8.94. The van der Waals surface area contributed by atoms with Gasteiger partial charge in [0.1, 0.15) is 18.1 Å². The number of furan rings is 1. The molecule has 1 saturated heterocycles. The maximum absolute atomic E-state index is 10.8. The quantitative estimate of drug-likeness (QED) is 0.777. The maximum Gasteiger partial charge on any atom is 0.371 e. The van der Waals surface area contributed by atoms with Gasteiger partial charge < -0.3 is 19.0 Å². The van der Waals surface area contributed by atoms with Gasteiger partial charge in [0, 0.05) is 19.7 Å². The van der Waals surface area contributed by atoms with Crippen LogP contribution in [-0.4, -0.2) is 42.3 Å². The van der Waals surface area contributed by atoms with Crippen LogP contribution in [-0.2, 0) is 17.9 Å². The highest BCUT2D eigenvalue weighted by Crippen LogP contribution is 2.18. The molecule has 0 bridgehead atoms. The number of likely N-dealkylation sites (N-methyl/N-ethyl adjacent to an activating group) is 1. The minimum Gasteiger partial charge on any atom is -0.486 e. The van der Waals surface area contributed by atoms with Crippen LogP contribution in [0.5, 0.6) is 5.75 Å². The third kappa shape index (κ3) is 5.34. The van der Waals surface area contributed by atoms with Crippen molar-refractivity contribution in [2.75, 3.05) is 20.2 Å². The van der Waals surface area contributed by atoms with Crippen molar-refractivity contribution >= 4 is 5.97 Å². The number of hydrogen-bond acceptors (Lipinski definition) is 5. The molecule has 1 N–H and O–H groups in total. The van der Waals surface area contributed by atoms with Crippen LogP contribution < -0.4 is 4.74 Å². The molecule has 1 aliphatic rings. The van der Waals surface area contributed by atoms with Crippen LogP contribution in [0.15, 0.2) is 40.8 Å². The van der Waals surface area contributed by atoms with Crippen molar-refractivity contribution in [1.29, 1.82) is 0 Å². The van der Waals surface area contributed by atoms with Crippen molar-refractivity contribution in [3.8, 4) is 5.75 Å². The lowest BCUT2D eigenvalue weighted by Crippen LogP contribution is -2.33. The molecule has 2 heterocycles. The Balaban J connectivity index is 1.45. The number of benzene rings is 1. The van der Waals surface area contributed by atoms with Gasteiger partial charge in [0.15, 0.2) is 0 Å². The molecule has 0 unspecified atom stereocenters. The minimum atomic E-state index is -1.08. The second-order valence-corrected chi connectivity index (χ2v) is 6.69. The number of rotatable bonds is 8. The van der Waals surface area contributed by atoms with Crippen LogP contribution >= 0.6 is 0 Å². The Morgan fingerprint density at radius 2 is 2.04 bits per heavy atom. The summed E-state index contributed by atoms with van der Waals surface area (Å²) < 4.78 is 16.6. The first-order chi connectivity index (χ1) is 12.6. The van der Waals surface area contributed by atoms with E-state index in [0.29, 0.717) is 11.9 Å². The zero-order chi connectivity index (χ0) is 18.4. The molecular weight excluding hydrogens is 334 g/mol. The Labute approximate surface area is 153 Å². The molecule has 0 saturated carbocycles. The smallest absolute Gasteiger partial charge is 0.371 e.